The van der Waals surface area contributed by atoms with E-state index in [9.17, 15) is 0 Å². The summed E-state index contributed by atoms with van der Waals surface area (Å²) in [5, 5.41) is 1.53. The van der Waals surface area contributed by atoms with E-state index in [1.165, 1.54) is 71.9 Å². The van der Waals surface area contributed by atoms with Gasteiger partial charge >= 0.3 is 120 Å². The molecule has 2 aliphatic carbocycles. The van der Waals surface area contributed by atoms with Gasteiger partial charge in [-0.25, -0.2) is 12.2 Å². The number of rotatable bonds is 2. The molecule has 0 heterocycles. The monoisotopic (exact) mass is 738 g/mol. The summed E-state index contributed by atoms with van der Waals surface area (Å²) in [5.41, 5.74) is 11.1. The molecule has 6 rings (SSSR count). The van der Waals surface area contributed by atoms with E-state index in [-0.39, 0.29) is 35.6 Å². The fourth-order valence-electron chi connectivity index (χ4n) is 4.77. The van der Waals surface area contributed by atoms with Crippen molar-refractivity contribution in [1.29, 1.82) is 0 Å². The Labute approximate surface area is 302 Å². The van der Waals surface area contributed by atoms with Crippen LogP contribution in [0, 0.1) is 12.1 Å². The van der Waals surface area contributed by atoms with E-state index in [2.05, 4.69) is 90.1 Å². The molecule has 0 fully saturated rings. The first kappa shape index (κ1) is 38.5. The maximum Gasteiger partial charge on any atom is -0.109 e. The molecule has 0 saturated carbocycles. The predicted octanol–water partition coefficient (Wildman–Crippen LogP) is 11.9. The number of benzene rings is 4. The molecule has 0 aliphatic heterocycles. The molecule has 4 aromatic rings. The maximum atomic E-state index is 5.86. The molecule has 228 valence electrons. The van der Waals surface area contributed by atoms with Crippen LogP contribution >= 0.6 is 48.0 Å². The maximum absolute atomic E-state index is 5.86. The van der Waals surface area contributed by atoms with Crippen molar-refractivity contribution < 1.29 is 24.2 Å². The summed E-state index contributed by atoms with van der Waals surface area (Å²) in [6.45, 7) is 13.6. The van der Waals surface area contributed by atoms with Gasteiger partial charge in [-0.1, -0.05) is 65.3 Å². The summed E-state index contributed by atoms with van der Waals surface area (Å²) in [6, 6.07) is 31.0. The van der Waals surface area contributed by atoms with Gasteiger partial charge in [-0.2, -0.15) is 29.8 Å². The van der Waals surface area contributed by atoms with Gasteiger partial charge in [-0.05, 0) is 28.4 Å². The summed E-state index contributed by atoms with van der Waals surface area (Å²) >= 11 is 13.1. The van der Waals surface area contributed by atoms with Crippen LogP contribution < -0.4 is 0 Å². The Balaban J connectivity index is 0.000000260. The average Bonchev–Trinajstić information content (AvgIpc) is 3.64. The molecule has 5 heteroatoms. The number of hydrogen-bond acceptors (Lipinski definition) is 0. The van der Waals surface area contributed by atoms with Crippen molar-refractivity contribution in [2.75, 3.05) is 0 Å². The molecule has 0 aromatic heterocycles. The van der Waals surface area contributed by atoms with Crippen LogP contribution in [0.25, 0.3) is 11.1 Å². The Morgan fingerprint density at radius 3 is 1.68 bits per heavy atom. The van der Waals surface area contributed by atoms with Crippen molar-refractivity contribution in [2.45, 2.75) is 65.2 Å². The van der Waals surface area contributed by atoms with E-state index in [0.29, 0.717) is 0 Å². The van der Waals surface area contributed by atoms with E-state index in [1.54, 1.807) is 0 Å². The Morgan fingerprint density at radius 2 is 1.25 bits per heavy atom. The second kappa shape index (κ2) is 16.7. The van der Waals surface area contributed by atoms with Crippen molar-refractivity contribution in [3.05, 3.63) is 153 Å². The van der Waals surface area contributed by atoms with Crippen molar-refractivity contribution >= 4 is 51.2 Å². The molecular formula is C39H40Cl4Zr. The summed E-state index contributed by atoms with van der Waals surface area (Å²) in [4.78, 5) is 0. The van der Waals surface area contributed by atoms with Gasteiger partial charge in [0.25, 0.3) is 0 Å². The molecule has 0 bridgehead atoms. The Bertz CT molecular complexity index is 1480. The smallest absolute Gasteiger partial charge is 0.109 e. The normalized spacial score (nSPS) is 12.4. The Kier molecular flexibility index (Phi) is 14.6. The quantitative estimate of drug-likeness (QED) is 0.158. The third-order valence-corrected chi connectivity index (χ3v) is 9.24. The van der Waals surface area contributed by atoms with E-state index in [4.69, 9.17) is 23.2 Å². The van der Waals surface area contributed by atoms with Crippen LogP contribution in [-0.2, 0) is 41.5 Å². The first-order valence-corrected chi connectivity index (χ1v) is 16.3. The molecule has 0 amide bonds. The minimum absolute atomic E-state index is 0. The molecule has 2 aliphatic rings. The average molecular weight is 742 g/mol. The zero-order valence-electron chi connectivity index (χ0n) is 26.2. The molecule has 0 radical (unpaired) electrons. The zero-order valence-corrected chi connectivity index (χ0v) is 31.8. The van der Waals surface area contributed by atoms with Crippen molar-refractivity contribution in [1.82, 2.24) is 0 Å². The molecule has 0 unspecified atom stereocenters. The molecule has 0 nitrogen and oxygen atoms in total. The fraction of sp³-hybridized carbons (Fsp3) is 0.256. The standard InChI is InChI=1S/C21H25.C13H8Cl2.C5H5.2ClH.Zr/c1-20(2,3)16-7-9-18-14(12-16)11-15-13-17(21(4,5)6)8-10-19(15)18;14-12-5-1-10(2-6-12)9-11-3-7-13(15)8-4-11;1-2-4-5-3-1;;;/h7-10,12H,11H2,1-6H3;1-8H;1-3H,4H2;2*1H;/q-1;;-1;;;+2. The SMILES string of the molecule is CC(C)(C)c1[c-]c2c(cc1)-c1ccc(C(C)(C)C)cc1C2.Cl.Cl.Clc1ccc([C](=[Zr+2])c2ccc(Cl)cc2)cc1.[C-]1=CC=CC1. The van der Waals surface area contributed by atoms with E-state index in [1.807, 2.05) is 60.7 Å². The largest absolute Gasteiger partial charge is 0.273 e. The van der Waals surface area contributed by atoms with Crippen molar-refractivity contribution in [3.63, 3.8) is 0 Å². The molecule has 4 aromatic carbocycles. The number of allylic oxidation sites excluding steroid dienone is 4. The molecule has 0 spiro atoms. The van der Waals surface area contributed by atoms with Gasteiger partial charge in [0.05, 0.1) is 0 Å². The Hall–Kier alpha value is -1.73. The van der Waals surface area contributed by atoms with Gasteiger partial charge < -0.3 is 0 Å². The summed E-state index contributed by atoms with van der Waals surface area (Å²) in [5.74, 6) is 0. The molecule has 0 atom stereocenters. The van der Waals surface area contributed by atoms with Crippen LogP contribution in [0.15, 0.2) is 97.1 Å². The second-order valence-corrected chi connectivity index (χ2v) is 14.8. The van der Waals surface area contributed by atoms with Crippen LogP contribution in [0.1, 0.15) is 81.3 Å². The van der Waals surface area contributed by atoms with E-state index < -0.39 is 0 Å². The van der Waals surface area contributed by atoms with Crippen LogP contribution in [0.4, 0.5) is 0 Å². The minimum Gasteiger partial charge on any atom is -0.273 e. The van der Waals surface area contributed by atoms with Gasteiger partial charge in [0, 0.05) is 0 Å². The predicted molar refractivity (Wildman–Crippen MR) is 193 cm³/mol. The van der Waals surface area contributed by atoms with Crippen LogP contribution in [0.5, 0.6) is 0 Å². The summed E-state index contributed by atoms with van der Waals surface area (Å²) in [7, 11) is 0. The molecule has 0 N–H and O–H groups in total. The first-order valence-electron chi connectivity index (χ1n) is 14.3. The number of halogens is 4. The zero-order chi connectivity index (χ0) is 30.5. The van der Waals surface area contributed by atoms with Crippen molar-refractivity contribution in [3.8, 4) is 11.1 Å². The molecule has 0 saturated heterocycles. The third-order valence-electron chi connectivity index (χ3n) is 7.32. The summed E-state index contributed by atoms with van der Waals surface area (Å²) < 4.78 is 1.31. The fourth-order valence-corrected chi connectivity index (χ4v) is 5.84. The first-order chi connectivity index (χ1) is 19.8. The molecular weight excluding hydrogens is 701 g/mol. The van der Waals surface area contributed by atoms with Gasteiger partial charge in [0.1, 0.15) is 0 Å². The number of fused-ring (bicyclic) bond motifs is 3. The van der Waals surface area contributed by atoms with Crippen LogP contribution in [-0.4, -0.2) is 3.21 Å². The van der Waals surface area contributed by atoms with Gasteiger partial charge in [-0.15, -0.1) is 42.4 Å². The van der Waals surface area contributed by atoms with Crippen molar-refractivity contribution in [2.24, 2.45) is 0 Å². The second-order valence-electron chi connectivity index (χ2n) is 12.7. The van der Waals surface area contributed by atoms with E-state index >= 15 is 0 Å². The van der Waals surface area contributed by atoms with Crippen LogP contribution in [0.2, 0.25) is 10.0 Å². The minimum atomic E-state index is 0. The summed E-state index contributed by atoms with van der Waals surface area (Å²) in [6.07, 6.45) is 11.0. The van der Waals surface area contributed by atoms with Crippen LogP contribution in [0.3, 0.4) is 0 Å². The van der Waals surface area contributed by atoms with E-state index in [0.717, 1.165) is 22.9 Å². The molecule has 44 heavy (non-hydrogen) atoms. The topological polar surface area (TPSA) is 0 Å². The number of hydrogen-bond donors (Lipinski definition) is 0. The van der Waals surface area contributed by atoms with Gasteiger partial charge in [-0.3, -0.25) is 6.08 Å². The Morgan fingerprint density at radius 1 is 0.705 bits per heavy atom. The third kappa shape index (κ3) is 10.4. The van der Waals surface area contributed by atoms with Gasteiger partial charge in [0.15, 0.2) is 0 Å². The van der Waals surface area contributed by atoms with Gasteiger partial charge in [0.2, 0.25) is 0 Å².